The van der Waals surface area contributed by atoms with Crippen LogP contribution in [0.25, 0.3) is 0 Å². The van der Waals surface area contributed by atoms with E-state index in [1.165, 1.54) is 9.87 Å². The number of hydrogen-bond acceptors (Lipinski definition) is 3. The van der Waals surface area contributed by atoms with Gasteiger partial charge in [-0.1, -0.05) is 63.2 Å². The average Bonchev–Trinajstić information content (AvgIpc) is 2.77. The monoisotopic (exact) mass is 442 g/mol. The Morgan fingerprint density at radius 2 is 1.61 bits per heavy atom. The Morgan fingerprint density at radius 3 is 2.19 bits per heavy atom. The van der Waals surface area contributed by atoms with Crippen molar-refractivity contribution >= 4 is 15.9 Å². The SMILES string of the molecule is CC(C)(C)c1ccc(S(=O)(=O)N2CCC(C(=O)NCCCc3ccccc3)CC2)cc1. The predicted octanol–water partition coefficient (Wildman–Crippen LogP) is 4.13. The molecule has 0 aliphatic carbocycles. The highest BCUT2D eigenvalue weighted by Gasteiger charge is 2.32. The van der Waals surface area contributed by atoms with Gasteiger partial charge in [-0.15, -0.1) is 0 Å². The molecule has 0 aromatic heterocycles. The zero-order chi connectivity index (χ0) is 22.5. The summed E-state index contributed by atoms with van der Waals surface area (Å²) >= 11 is 0. The molecule has 1 N–H and O–H groups in total. The van der Waals surface area contributed by atoms with Crippen molar-refractivity contribution in [3.05, 3.63) is 65.7 Å². The number of rotatable bonds is 7. The van der Waals surface area contributed by atoms with E-state index >= 15 is 0 Å². The van der Waals surface area contributed by atoms with E-state index in [0.717, 1.165) is 18.4 Å². The van der Waals surface area contributed by atoms with Crippen molar-refractivity contribution in [2.24, 2.45) is 5.92 Å². The van der Waals surface area contributed by atoms with E-state index in [-0.39, 0.29) is 17.2 Å². The molecule has 2 aromatic carbocycles. The van der Waals surface area contributed by atoms with Gasteiger partial charge >= 0.3 is 0 Å². The summed E-state index contributed by atoms with van der Waals surface area (Å²) in [5, 5.41) is 3.02. The molecule has 0 unspecified atom stereocenters. The van der Waals surface area contributed by atoms with Gasteiger partial charge in [0.25, 0.3) is 0 Å². The maximum absolute atomic E-state index is 13.0. The molecule has 5 nitrogen and oxygen atoms in total. The number of nitrogens with one attached hydrogen (secondary N) is 1. The summed E-state index contributed by atoms with van der Waals surface area (Å²) in [5.74, 6) is -0.0777. The lowest BCUT2D eigenvalue weighted by Gasteiger charge is -2.30. The van der Waals surface area contributed by atoms with Gasteiger partial charge in [0.05, 0.1) is 4.90 Å². The molecule has 0 radical (unpaired) electrons. The second kappa shape index (κ2) is 9.96. The highest BCUT2D eigenvalue weighted by Crippen LogP contribution is 2.27. The van der Waals surface area contributed by atoms with E-state index in [1.54, 1.807) is 12.1 Å². The molecule has 3 rings (SSSR count). The molecule has 1 aliphatic heterocycles. The fourth-order valence-electron chi connectivity index (χ4n) is 3.93. The van der Waals surface area contributed by atoms with Gasteiger partial charge in [0.2, 0.25) is 15.9 Å². The van der Waals surface area contributed by atoms with Crippen LogP contribution < -0.4 is 5.32 Å². The summed E-state index contributed by atoms with van der Waals surface area (Å²) in [6.07, 6.45) is 2.95. The lowest BCUT2D eigenvalue weighted by molar-refractivity contribution is -0.126. The van der Waals surface area contributed by atoms with Crippen LogP contribution in [0.1, 0.15) is 51.2 Å². The molecular weight excluding hydrogens is 408 g/mol. The third-order valence-electron chi connectivity index (χ3n) is 5.97. The highest BCUT2D eigenvalue weighted by atomic mass is 32.2. The third kappa shape index (κ3) is 6.17. The first-order chi connectivity index (χ1) is 14.7. The van der Waals surface area contributed by atoms with Crippen LogP contribution >= 0.6 is 0 Å². The van der Waals surface area contributed by atoms with Crippen molar-refractivity contribution in [2.75, 3.05) is 19.6 Å². The maximum atomic E-state index is 13.0. The zero-order valence-corrected chi connectivity index (χ0v) is 19.6. The van der Waals surface area contributed by atoms with Gasteiger partial charge in [-0.05, 0) is 54.4 Å². The third-order valence-corrected chi connectivity index (χ3v) is 7.88. The lowest BCUT2D eigenvalue weighted by atomic mass is 9.87. The van der Waals surface area contributed by atoms with E-state index in [9.17, 15) is 13.2 Å². The van der Waals surface area contributed by atoms with Gasteiger partial charge in [-0.25, -0.2) is 8.42 Å². The van der Waals surface area contributed by atoms with E-state index in [1.807, 2.05) is 30.3 Å². The molecular formula is C25H34N2O3S. The zero-order valence-electron chi connectivity index (χ0n) is 18.8. The molecule has 0 atom stereocenters. The lowest BCUT2D eigenvalue weighted by Crippen LogP contribution is -2.43. The molecule has 0 saturated carbocycles. The van der Waals surface area contributed by atoms with Crippen LogP contribution in [0.15, 0.2) is 59.5 Å². The van der Waals surface area contributed by atoms with Gasteiger partial charge in [0.1, 0.15) is 0 Å². The van der Waals surface area contributed by atoms with Crippen LogP contribution in [0.4, 0.5) is 0 Å². The number of nitrogens with zero attached hydrogens (tertiary/aromatic N) is 1. The summed E-state index contributed by atoms with van der Waals surface area (Å²) < 4.78 is 27.5. The van der Waals surface area contributed by atoms with Crippen LogP contribution in [0.2, 0.25) is 0 Å². The van der Waals surface area contributed by atoms with E-state index in [2.05, 4.69) is 38.2 Å². The molecule has 168 valence electrons. The smallest absolute Gasteiger partial charge is 0.243 e. The van der Waals surface area contributed by atoms with Gasteiger partial charge in [0.15, 0.2) is 0 Å². The van der Waals surface area contributed by atoms with Crippen LogP contribution in [0.5, 0.6) is 0 Å². The number of aryl methyl sites for hydroxylation is 1. The minimum Gasteiger partial charge on any atom is -0.356 e. The normalized spacial score (nSPS) is 16.2. The molecule has 31 heavy (non-hydrogen) atoms. The van der Waals surface area contributed by atoms with E-state index < -0.39 is 10.0 Å². The molecule has 0 bridgehead atoms. The van der Waals surface area contributed by atoms with Gasteiger partial charge in [0, 0.05) is 25.6 Å². The number of benzene rings is 2. The topological polar surface area (TPSA) is 66.5 Å². The first kappa shape index (κ1) is 23.5. The minimum absolute atomic E-state index is 0.0188. The second-order valence-corrected chi connectivity index (χ2v) is 11.3. The maximum Gasteiger partial charge on any atom is 0.243 e. The van der Waals surface area contributed by atoms with Crippen LogP contribution in [0.3, 0.4) is 0 Å². The number of sulfonamides is 1. The number of piperidine rings is 1. The largest absolute Gasteiger partial charge is 0.356 e. The van der Waals surface area contributed by atoms with Crippen LogP contribution in [0, 0.1) is 5.92 Å². The first-order valence-corrected chi connectivity index (χ1v) is 12.5. The van der Waals surface area contributed by atoms with Gasteiger partial charge in [-0.3, -0.25) is 4.79 Å². The van der Waals surface area contributed by atoms with E-state index in [4.69, 9.17) is 0 Å². The summed E-state index contributed by atoms with van der Waals surface area (Å²) in [5.41, 5.74) is 2.36. The summed E-state index contributed by atoms with van der Waals surface area (Å²) in [6, 6.07) is 17.4. The number of amides is 1. The number of carbonyl (C=O) groups excluding carboxylic acids is 1. The quantitative estimate of drug-likeness (QED) is 0.656. The Balaban J connectivity index is 1.47. The molecule has 2 aromatic rings. The van der Waals surface area contributed by atoms with Crippen molar-refractivity contribution < 1.29 is 13.2 Å². The second-order valence-electron chi connectivity index (χ2n) is 9.33. The molecule has 0 spiro atoms. The van der Waals surface area contributed by atoms with Crippen molar-refractivity contribution in [1.29, 1.82) is 0 Å². The molecule has 6 heteroatoms. The Morgan fingerprint density at radius 1 is 1.00 bits per heavy atom. The Labute approximate surface area is 186 Å². The van der Waals surface area contributed by atoms with Crippen LogP contribution in [-0.2, 0) is 26.7 Å². The Kier molecular flexibility index (Phi) is 7.55. The summed E-state index contributed by atoms with van der Waals surface area (Å²) in [6.45, 7) is 7.72. The number of hydrogen-bond donors (Lipinski definition) is 1. The van der Waals surface area contributed by atoms with Gasteiger partial charge in [-0.2, -0.15) is 4.31 Å². The van der Waals surface area contributed by atoms with E-state index in [0.29, 0.717) is 37.4 Å². The molecule has 1 aliphatic rings. The molecule has 1 amide bonds. The first-order valence-electron chi connectivity index (χ1n) is 11.1. The predicted molar refractivity (Wildman–Crippen MR) is 124 cm³/mol. The number of carbonyl (C=O) groups is 1. The van der Waals surface area contributed by atoms with Crippen molar-refractivity contribution in [2.45, 2.75) is 56.8 Å². The minimum atomic E-state index is -3.52. The fraction of sp³-hybridized carbons (Fsp3) is 0.480. The Hall–Kier alpha value is -2.18. The molecule has 1 fully saturated rings. The van der Waals surface area contributed by atoms with Crippen molar-refractivity contribution in [3.63, 3.8) is 0 Å². The molecule has 1 saturated heterocycles. The van der Waals surface area contributed by atoms with Gasteiger partial charge < -0.3 is 5.32 Å². The van der Waals surface area contributed by atoms with Crippen molar-refractivity contribution in [1.82, 2.24) is 9.62 Å². The molecule has 1 heterocycles. The summed E-state index contributed by atoms with van der Waals surface area (Å²) in [4.78, 5) is 12.8. The summed E-state index contributed by atoms with van der Waals surface area (Å²) in [7, 11) is -3.52. The fourth-order valence-corrected chi connectivity index (χ4v) is 5.40. The van der Waals surface area contributed by atoms with Crippen LogP contribution in [-0.4, -0.2) is 38.3 Å². The van der Waals surface area contributed by atoms with Crippen molar-refractivity contribution in [3.8, 4) is 0 Å². The highest BCUT2D eigenvalue weighted by molar-refractivity contribution is 7.89. The standard InChI is InChI=1S/C25H34N2O3S/c1-25(2,3)22-11-13-23(14-12-22)31(29,30)27-18-15-21(16-19-27)24(28)26-17-7-10-20-8-5-4-6-9-20/h4-6,8-9,11-14,21H,7,10,15-19H2,1-3H3,(H,26,28). The average molecular weight is 443 g/mol. The Bertz CT molecular complexity index is 956.